The zero-order valence-electron chi connectivity index (χ0n) is 23.0. The average molecular weight is 523 g/mol. The number of carbonyl (C=O) groups excluding carboxylic acids is 1. The van der Waals surface area contributed by atoms with Gasteiger partial charge in [0.1, 0.15) is 0 Å². The monoisotopic (exact) mass is 522 g/mol. The topological polar surface area (TPSA) is 61.3 Å². The number of hydrogen-bond acceptors (Lipinski definition) is 3. The number of hydrogen-bond donors (Lipinski definition) is 1. The van der Waals surface area contributed by atoms with Gasteiger partial charge in [0.25, 0.3) is 5.91 Å². The van der Waals surface area contributed by atoms with Crippen molar-refractivity contribution in [3.05, 3.63) is 106 Å². The van der Waals surface area contributed by atoms with E-state index in [1.807, 2.05) is 41.0 Å². The van der Waals surface area contributed by atoms with Crippen molar-refractivity contribution >= 4 is 16.9 Å². The second kappa shape index (κ2) is 10.9. The summed E-state index contributed by atoms with van der Waals surface area (Å²) in [6.45, 7) is 6.85. The number of aromatic amines is 1. The Hall–Kier alpha value is -3.64. The van der Waals surface area contributed by atoms with Crippen molar-refractivity contribution in [2.75, 3.05) is 19.6 Å². The van der Waals surface area contributed by atoms with Gasteiger partial charge in [-0.1, -0.05) is 59.7 Å². The Morgan fingerprint density at radius 2 is 1.51 bits per heavy atom. The van der Waals surface area contributed by atoms with Crippen LogP contribution in [0.1, 0.15) is 58.8 Å². The minimum absolute atomic E-state index is 0.00391. The Bertz CT molecular complexity index is 1490. The average Bonchev–Trinajstić information content (AvgIpc) is 3.28. The van der Waals surface area contributed by atoms with Crippen LogP contribution in [0.5, 0.6) is 0 Å². The third kappa shape index (κ3) is 5.30. The van der Waals surface area contributed by atoms with Crippen LogP contribution in [-0.2, 0) is 6.42 Å². The maximum Gasteiger partial charge on any atom is 0.326 e. The second-order valence-electron chi connectivity index (χ2n) is 11.5. The number of amides is 1. The highest BCUT2D eigenvalue weighted by atomic mass is 16.2. The van der Waals surface area contributed by atoms with Crippen molar-refractivity contribution in [1.29, 1.82) is 0 Å². The minimum Gasteiger partial charge on any atom is -0.335 e. The molecule has 0 saturated carbocycles. The summed E-state index contributed by atoms with van der Waals surface area (Å²) in [4.78, 5) is 34.3. The van der Waals surface area contributed by atoms with Crippen LogP contribution in [0.4, 0.5) is 0 Å². The Balaban J connectivity index is 1.18. The molecule has 2 fully saturated rings. The molecule has 3 heterocycles. The predicted octanol–water partition coefficient (Wildman–Crippen LogP) is 5.50. The summed E-state index contributed by atoms with van der Waals surface area (Å²) in [5.41, 5.74) is 6.25. The van der Waals surface area contributed by atoms with Gasteiger partial charge in [-0.3, -0.25) is 9.36 Å². The van der Waals surface area contributed by atoms with Gasteiger partial charge in [-0.05, 0) is 75.8 Å². The van der Waals surface area contributed by atoms with Crippen LogP contribution in [-0.4, -0.2) is 57.0 Å². The number of aryl methyl sites for hydroxylation is 2. The standard InChI is InChI=1S/C33H38N4O2/c1-23-18-24(2)20-26(19-23)32(38)36-17-14-28(22-29(36)21-25-8-4-3-5-9-25)35-15-12-27(13-16-35)37-31-11-7-6-10-30(31)34-33(37)39/h3-11,18-20,27-29H,12-17,21-22H2,1-2H3,(H,34,39)/t28-,29-/m0/s1. The quantitative estimate of drug-likeness (QED) is 0.377. The number of nitrogens with one attached hydrogen (secondary N) is 1. The summed E-state index contributed by atoms with van der Waals surface area (Å²) in [5.74, 6) is 0.151. The molecule has 1 aromatic heterocycles. The summed E-state index contributed by atoms with van der Waals surface area (Å²) in [6, 6.07) is 25.6. The summed E-state index contributed by atoms with van der Waals surface area (Å²) < 4.78 is 1.97. The van der Waals surface area contributed by atoms with Gasteiger partial charge in [0.15, 0.2) is 0 Å². The van der Waals surface area contributed by atoms with Crippen molar-refractivity contribution < 1.29 is 4.79 Å². The molecule has 1 N–H and O–H groups in total. The third-order valence-corrected chi connectivity index (χ3v) is 8.74. The highest BCUT2D eigenvalue weighted by Crippen LogP contribution is 2.31. The van der Waals surface area contributed by atoms with E-state index in [1.165, 1.54) is 5.56 Å². The Kier molecular flexibility index (Phi) is 7.13. The normalized spacial score (nSPS) is 20.9. The van der Waals surface area contributed by atoms with Gasteiger partial charge >= 0.3 is 5.69 Å². The van der Waals surface area contributed by atoms with Crippen LogP contribution < -0.4 is 5.69 Å². The van der Waals surface area contributed by atoms with E-state index in [1.54, 1.807) is 0 Å². The number of imidazole rings is 1. The number of aromatic nitrogens is 2. The predicted molar refractivity (Wildman–Crippen MR) is 156 cm³/mol. The molecule has 202 valence electrons. The maximum absolute atomic E-state index is 13.8. The van der Waals surface area contributed by atoms with Gasteiger partial charge in [0.2, 0.25) is 0 Å². The number of benzene rings is 3. The second-order valence-corrected chi connectivity index (χ2v) is 11.5. The van der Waals surface area contributed by atoms with E-state index in [-0.39, 0.29) is 23.7 Å². The molecule has 0 bridgehead atoms. The Morgan fingerprint density at radius 3 is 2.26 bits per heavy atom. The lowest BCUT2D eigenvalue weighted by atomic mass is 9.89. The first kappa shape index (κ1) is 25.6. The lowest BCUT2D eigenvalue weighted by Gasteiger charge is -2.45. The van der Waals surface area contributed by atoms with Crippen LogP contribution in [0, 0.1) is 13.8 Å². The number of piperidine rings is 2. The fourth-order valence-electron chi connectivity index (χ4n) is 6.92. The van der Waals surface area contributed by atoms with Gasteiger partial charge < -0.3 is 14.8 Å². The summed E-state index contributed by atoms with van der Waals surface area (Å²) in [6.07, 6.45) is 4.76. The molecule has 3 aromatic carbocycles. The van der Waals surface area contributed by atoms with Crippen molar-refractivity contribution in [2.24, 2.45) is 0 Å². The van der Waals surface area contributed by atoms with E-state index >= 15 is 0 Å². The van der Waals surface area contributed by atoms with E-state index in [0.717, 1.165) is 79.5 Å². The molecule has 0 spiro atoms. The molecule has 39 heavy (non-hydrogen) atoms. The van der Waals surface area contributed by atoms with Crippen molar-refractivity contribution in [3.8, 4) is 0 Å². The lowest BCUT2D eigenvalue weighted by Crippen LogP contribution is -2.54. The first-order valence-electron chi connectivity index (χ1n) is 14.3. The van der Waals surface area contributed by atoms with Gasteiger partial charge in [-0.2, -0.15) is 0 Å². The molecule has 6 heteroatoms. The van der Waals surface area contributed by atoms with Gasteiger partial charge in [-0.25, -0.2) is 4.79 Å². The molecule has 2 aliphatic heterocycles. The van der Waals surface area contributed by atoms with Crippen LogP contribution >= 0.6 is 0 Å². The van der Waals surface area contributed by atoms with E-state index in [4.69, 9.17) is 0 Å². The Morgan fingerprint density at radius 1 is 0.846 bits per heavy atom. The van der Waals surface area contributed by atoms with Crippen LogP contribution in [0.25, 0.3) is 11.0 Å². The fraction of sp³-hybridized carbons (Fsp3) is 0.394. The SMILES string of the molecule is Cc1cc(C)cc(C(=O)N2CC[C@H](N3CCC(n4c(=O)[nH]c5ccccc54)CC3)C[C@@H]2Cc2ccccc2)c1. The highest BCUT2D eigenvalue weighted by molar-refractivity contribution is 5.95. The molecule has 2 aliphatic rings. The highest BCUT2D eigenvalue weighted by Gasteiger charge is 2.36. The molecule has 4 aromatic rings. The largest absolute Gasteiger partial charge is 0.335 e. The number of likely N-dealkylation sites (tertiary alicyclic amines) is 2. The molecule has 6 nitrogen and oxygen atoms in total. The third-order valence-electron chi connectivity index (χ3n) is 8.74. The fourth-order valence-corrected chi connectivity index (χ4v) is 6.92. The van der Waals surface area contributed by atoms with E-state index in [0.29, 0.717) is 6.04 Å². The molecule has 2 saturated heterocycles. The van der Waals surface area contributed by atoms with Gasteiger partial charge in [-0.15, -0.1) is 0 Å². The number of H-pyrrole nitrogens is 1. The number of carbonyl (C=O) groups is 1. The van der Waals surface area contributed by atoms with E-state index < -0.39 is 0 Å². The molecular weight excluding hydrogens is 484 g/mol. The molecule has 1 amide bonds. The molecular formula is C33H38N4O2. The van der Waals surface area contributed by atoms with Crippen molar-refractivity contribution in [3.63, 3.8) is 0 Å². The van der Waals surface area contributed by atoms with Crippen LogP contribution in [0.15, 0.2) is 77.6 Å². The zero-order chi connectivity index (χ0) is 26.9. The molecule has 2 atom stereocenters. The lowest BCUT2D eigenvalue weighted by molar-refractivity contribution is 0.0360. The van der Waals surface area contributed by atoms with Gasteiger partial charge in [0.05, 0.1) is 11.0 Å². The summed E-state index contributed by atoms with van der Waals surface area (Å²) >= 11 is 0. The molecule has 0 radical (unpaired) electrons. The molecule has 0 aliphatic carbocycles. The molecule has 6 rings (SSSR count). The number of fused-ring (bicyclic) bond motifs is 1. The Labute approximate surface area is 230 Å². The van der Waals surface area contributed by atoms with Crippen molar-refractivity contribution in [1.82, 2.24) is 19.4 Å². The number of nitrogens with zero attached hydrogens (tertiary/aromatic N) is 3. The smallest absolute Gasteiger partial charge is 0.326 e. The first-order valence-corrected chi connectivity index (χ1v) is 14.3. The van der Waals surface area contributed by atoms with E-state index in [2.05, 4.69) is 65.0 Å². The van der Waals surface area contributed by atoms with Gasteiger partial charge in [0, 0.05) is 43.3 Å². The maximum atomic E-state index is 13.8. The summed E-state index contributed by atoms with van der Waals surface area (Å²) in [7, 11) is 0. The number of para-hydroxylation sites is 2. The molecule has 0 unspecified atom stereocenters. The van der Waals surface area contributed by atoms with Crippen LogP contribution in [0.2, 0.25) is 0 Å². The van der Waals surface area contributed by atoms with Crippen molar-refractivity contribution in [2.45, 2.75) is 64.1 Å². The first-order chi connectivity index (χ1) is 19.0. The zero-order valence-corrected chi connectivity index (χ0v) is 23.0. The van der Waals surface area contributed by atoms with Crippen LogP contribution in [0.3, 0.4) is 0 Å². The number of rotatable bonds is 5. The van der Waals surface area contributed by atoms with E-state index in [9.17, 15) is 9.59 Å². The minimum atomic E-state index is -0.00391. The summed E-state index contributed by atoms with van der Waals surface area (Å²) in [5, 5.41) is 0.